The first-order valence-corrected chi connectivity index (χ1v) is 17.2. The van der Waals surface area contributed by atoms with Gasteiger partial charge < -0.3 is 19.3 Å². The molecule has 0 bridgehead atoms. The molecule has 0 unspecified atom stereocenters. The molecule has 2 aromatic heterocycles. The Morgan fingerprint density at radius 1 is 0.640 bits per heavy atom. The third-order valence-electron chi connectivity index (χ3n) is 8.52. The van der Waals surface area contributed by atoms with Crippen molar-refractivity contribution in [1.82, 2.24) is 29.9 Å². The number of rotatable bonds is 15. The average molecular weight is 667 g/mol. The zero-order chi connectivity index (χ0) is 34.7. The molecule has 50 heavy (non-hydrogen) atoms. The highest BCUT2D eigenvalue weighted by atomic mass is 16.5. The van der Waals surface area contributed by atoms with Crippen LogP contribution >= 0.6 is 0 Å². The second-order valence-electron chi connectivity index (χ2n) is 12.4. The standard InChI is InChI=1S/C41H42N6O3/c1-3-23-46(39(48)25-30-11-7-5-8-12-30)28-37-42-27-36(43-37)34-19-15-32(16-20-34)33-17-21-35(22-18-33)41-44-38(50-45-41)29-47(24-4-2)40(49)26-31-13-9-6-10-14-31/h5-22,27H,3-4,23-26,28-29H2,1-2H3,(H,42,43). The molecule has 254 valence electrons. The number of imidazole rings is 1. The summed E-state index contributed by atoms with van der Waals surface area (Å²) in [5.74, 6) is 1.79. The van der Waals surface area contributed by atoms with Gasteiger partial charge in [0.05, 0.1) is 37.8 Å². The van der Waals surface area contributed by atoms with Crippen molar-refractivity contribution in [2.75, 3.05) is 13.1 Å². The maximum absolute atomic E-state index is 13.1. The highest BCUT2D eigenvalue weighted by Gasteiger charge is 2.19. The summed E-state index contributed by atoms with van der Waals surface area (Å²) < 4.78 is 5.55. The summed E-state index contributed by atoms with van der Waals surface area (Å²) in [5, 5.41) is 4.19. The van der Waals surface area contributed by atoms with Crippen molar-refractivity contribution in [2.24, 2.45) is 0 Å². The maximum Gasteiger partial charge on any atom is 0.246 e. The lowest BCUT2D eigenvalue weighted by atomic mass is 10.0. The van der Waals surface area contributed by atoms with E-state index in [-0.39, 0.29) is 18.4 Å². The van der Waals surface area contributed by atoms with Gasteiger partial charge in [0.25, 0.3) is 0 Å². The van der Waals surface area contributed by atoms with Gasteiger partial charge in [-0.25, -0.2) is 4.98 Å². The molecular weight excluding hydrogens is 624 g/mol. The maximum atomic E-state index is 13.1. The first kappa shape index (κ1) is 34.0. The van der Waals surface area contributed by atoms with Gasteiger partial charge in [-0.2, -0.15) is 4.98 Å². The lowest BCUT2D eigenvalue weighted by Gasteiger charge is -2.21. The van der Waals surface area contributed by atoms with Crippen molar-refractivity contribution in [2.45, 2.75) is 52.6 Å². The van der Waals surface area contributed by atoms with Gasteiger partial charge in [-0.1, -0.05) is 128 Å². The van der Waals surface area contributed by atoms with Gasteiger partial charge in [0.15, 0.2) is 0 Å². The number of benzene rings is 4. The number of nitrogens with one attached hydrogen (secondary N) is 1. The van der Waals surface area contributed by atoms with Crippen LogP contribution in [-0.4, -0.2) is 54.8 Å². The van der Waals surface area contributed by atoms with Crippen molar-refractivity contribution in [1.29, 1.82) is 0 Å². The molecule has 6 rings (SSSR count). The number of hydrogen-bond acceptors (Lipinski definition) is 6. The number of nitrogens with zero attached hydrogens (tertiary/aromatic N) is 5. The topological polar surface area (TPSA) is 108 Å². The first-order chi connectivity index (χ1) is 24.5. The Bertz CT molecular complexity index is 1820. The second kappa shape index (κ2) is 16.5. The zero-order valence-corrected chi connectivity index (χ0v) is 28.6. The Kier molecular flexibility index (Phi) is 11.2. The van der Waals surface area contributed by atoms with Crippen molar-refractivity contribution in [3.05, 3.63) is 138 Å². The largest absolute Gasteiger partial charge is 0.341 e. The second-order valence-corrected chi connectivity index (χ2v) is 12.4. The SMILES string of the molecule is CCCN(Cc1ncc(-c2ccc(-c3ccc(-c4noc(CN(CCC)C(=O)Cc5ccccc5)n4)cc3)cc2)[nH]1)C(=O)Cc1ccccc1. The molecule has 0 aliphatic rings. The van der Waals surface area contributed by atoms with E-state index in [9.17, 15) is 9.59 Å². The molecule has 0 spiro atoms. The Hall–Kier alpha value is -5.83. The molecule has 0 fully saturated rings. The highest BCUT2D eigenvalue weighted by molar-refractivity contribution is 5.79. The van der Waals surface area contributed by atoms with E-state index >= 15 is 0 Å². The van der Waals surface area contributed by atoms with Crippen LogP contribution in [0.15, 0.2) is 120 Å². The van der Waals surface area contributed by atoms with Crippen molar-refractivity contribution in [3.63, 3.8) is 0 Å². The van der Waals surface area contributed by atoms with Crippen molar-refractivity contribution < 1.29 is 14.1 Å². The molecule has 0 radical (unpaired) electrons. The summed E-state index contributed by atoms with van der Waals surface area (Å²) in [4.78, 5) is 42.3. The van der Waals surface area contributed by atoms with Crippen LogP contribution in [0.1, 0.15) is 49.5 Å². The number of carbonyl (C=O) groups excluding carboxylic acids is 2. The van der Waals surface area contributed by atoms with Crippen LogP contribution in [0.4, 0.5) is 0 Å². The summed E-state index contributed by atoms with van der Waals surface area (Å²) in [6.45, 7) is 6.13. The van der Waals surface area contributed by atoms with Crippen molar-refractivity contribution >= 4 is 11.8 Å². The molecule has 9 nitrogen and oxygen atoms in total. The fourth-order valence-electron chi connectivity index (χ4n) is 5.91. The van der Waals surface area contributed by atoms with Gasteiger partial charge >= 0.3 is 0 Å². The molecule has 2 amide bonds. The fourth-order valence-corrected chi connectivity index (χ4v) is 5.91. The quantitative estimate of drug-likeness (QED) is 0.120. The molecule has 1 N–H and O–H groups in total. The van der Waals surface area contributed by atoms with Gasteiger partial charge in [0.1, 0.15) is 5.82 Å². The third kappa shape index (κ3) is 8.79. The molecular formula is C41H42N6O3. The van der Waals surface area contributed by atoms with Crippen LogP contribution < -0.4 is 0 Å². The number of hydrogen-bond donors (Lipinski definition) is 1. The van der Waals surface area contributed by atoms with E-state index in [0.29, 0.717) is 44.2 Å². The number of amides is 2. The molecule has 2 heterocycles. The van der Waals surface area contributed by atoms with E-state index in [1.807, 2.05) is 103 Å². The summed E-state index contributed by atoms with van der Waals surface area (Å²) in [5.41, 5.74) is 6.87. The molecule has 0 saturated heterocycles. The molecule has 6 aromatic rings. The summed E-state index contributed by atoms with van der Waals surface area (Å²) >= 11 is 0. The van der Waals surface area contributed by atoms with Crippen molar-refractivity contribution in [3.8, 4) is 33.8 Å². The van der Waals surface area contributed by atoms with Crippen LogP contribution in [0.25, 0.3) is 33.8 Å². The van der Waals surface area contributed by atoms with Crippen LogP contribution in [-0.2, 0) is 35.5 Å². The van der Waals surface area contributed by atoms with Gasteiger partial charge in [-0.3, -0.25) is 9.59 Å². The Labute approximate surface area is 293 Å². The molecule has 9 heteroatoms. The minimum Gasteiger partial charge on any atom is -0.341 e. The number of aromatic amines is 1. The average Bonchev–Trinajstić information content (AvgIpc) is 3.82. The monoisotopic (exact) mass is 666 g/mol. The fraction of sp³-hybridized carbons (Fsp3) is 0.244. The van der Waals surface area contributed by atoms with E-state index in [2.05, 4.69) is 51.3 Å². The van der Waals surface area contributed by atoms with Crippen LogP contribution in [0.3, 0.4) is 0 Å². The lowest BCUT2D eigenvalue weighted by Crippen LogP contribution is -2.33. The number of carbonyl (C=O) groups is 2. The number of aromatic nitrogens is 4. The molecule has 0 aliphatic heterocycles. The van der Waals surface area contributed by atoms with E-state index in [1.54, 1.807) is 4.90 Å². The van der Waals surface area contributed by atoms with E-state index in [0.717, 1.165) is 57.7 Å². The van der Waals surface area contributed by atoms with Crippen LogP contribution in [0, 0.1) is 0 Å². The molecule has 0 aliphatic carbocycles. The third-order valence-corrected chi connectivity index (χ3v) is 8.52. The zero-order valence-electron chi connectivity index (χ0n) is 28.6. The lowest BCUT2D eigenvalue weighted by molar-refractivity contribution is -0.132. The predicted molar refractivity (Wildman–Crippen MR) is 194 cm³/mol. The van der Waals surface area contributed by atoms with E-state index < -0.39 is 0 Å². The van der Waals surface area contributed by atoms with E-state index in [4.69, 9.17) is 4.52 Å². The normalized spacial score (nSPS) is 11.0. The Balaban J connectivity index is 1.06. The molecule has 0 atom stereocenters. The van der Waals surface area contributed by atoms with Gasteiger partial charge in [-0.15, -0.1) is 0 Å². The van der Waals surface area contributed by atoms with Gasteiger partial charge in [-0.05, 0) is 40.7 Å². The highest BCUT2D eigenvalue weighted by Crippen LogP contribution is 2.27. The summed E-state index contributed by atoms with van der Waals surface area (Å²) in [6.07, 6.45) is 4.25. The summed E-state index contributed by atoms with van der Waals surface area (Å²) in [6, 6.07) is 35.9. The molecule has 4 aromatic carbocycles. The Morgan fingerprint density at radius 2 is 1.14 bits per heavy atom. The molecule has 0 saturated carbocycles. The van der Waals surface area contributed by atoms with E-state index in [1.165, 1.54) is 0 Å². The van der Waals surface area contributed by atoms with Gasteiger partial charge in [0.2, 0.25) is 23.5 Å². The smallest absolute Gasteiger partial charge is 0.246 e. The minimum absolute atomic E-state index is 0.0331. The first-order valence-electron chi connectivity index (χ1n) is 17.2. The van der Waals surface area contributed by atoms with Gasteiger partial charge in [0, 0.05) is 18.7 Å². The van der Waals surface area contributed by atoms with Crippen LogP contribution in [0.5, 0.6) is 0 Å². The number of H-pyrrole nitrogens is 1. The summed E-state index contributed by atoms with van der Waals surface area (Å²) in [7, 11) is 0. The van der Waals surface area contributed by atoms with Crippen LogP contribution in [0.2, 0.25) is 0 Å². The minimum atomic E-state index is 0.0331. The predicted octanol–water partition coefficient (Wildman–Crippen LogP) is 7.76. The Morgan fingerprint density at radius 3 is 1.68 bits per heavy atom.